The van der Waals surface area contributed by atoms with Crippen molar-refractivity contribution in [2.75, 3.05) is 5.75 Å². The number of nitrogens with zero attached hydrogens (tertiary/aromatic N) is 1. The third kappa shape index (κ3) is 3.59. The molecule has 0 atom stereocenters. The van der Waals surface area contributed by atoms with Crippen LogP contribution in [0.25, 0.3) is 5.57 Å². The Morgan fingerprint density at radius 1 is 1.56 bits per heavy atom. The summed E-state index contributed by atoms with van der Waals surface area (Å²) in [4.78, 5) is 1.09. The molecule has 1 rings (SSSR count). The Bertz CT molecular complexity index is 420. The first-order valence-electron chi connectivity index (χ1n) is 5.20. The van der Waals surface area contributed by atoms with E-state index < -0.39 is 0 Å². The van der Waals surface area contributed by atoms with Crippen LogP contribution < -0.4 is 0 Å². The monoisotopic (exact) mass is 251 g/mol. The zero-order chi connectivity index (χ0) is 12.0. The molecule has 0 radical (unpaired) electrons. The molecule has 3 heteroatoms. The highest BCUT2D eigenvalue weighted by Crippen LogP contribution is 2.30. The van der Waals surface area contributed by atoms with Crippen LogP contribution in [0, 0.1) is 11.3 Å². The van der Waals surface area contributed by atoms with Gasteiger partial charge in [0.15, 0.2) is 0 Å². The fraction of sp³-hybridized carbons (Fsp3) is 0.308. The minimum Gasteiger partial charge on any atom is -0.192 e. The van der Waals surface area contributed by atoms with Crippen molar-refractivity contribution in [1.29, 1.82) is 5.26 Å². The van der Waals surface area contributed by atoms with E-state index >= 15 is 0 Å². The van der Waals surface area contributed by atoms with E-state index in [-0.39, 0.29) is 0 Å². The average Bonchev–Trinajstić information content (AvgIpc) is 2.30. The topological polar surface area (TPSA) is 23.8 Å². The number of halogens is 1. The standard InChI is InChI=1S/C13H14ClNS/c1-3-4-7-16-13-6-5-11(14)8-12(13)10(2)9-15/h5-6,8H,2-4,7H2,1H3. The zero-order valence-corrected chi connectivity index (χ0v) is 10.9. The van der Waals surface area contributed by atoms with E-state index in [4.69, 9.17) is 16.9 Å². The summed E-state index contributed by atoms with van der Waals surface area (Å²) in [6.07, 6.45) is 2.35. The number of nitriles is 1. The van der Waals surface area contributed by atoms with E-state index in [1.807, 2.05) is 12.1 Å². The molecule has 0 fully saturated rings. The van der Waals surface area contributed by atoms with Crippen molar-refractivity contribution in [2.45, 2.75) is 24.7 Å². The minimum atomic E-state index is 0.474. The average molecular weight is 252 g/mol. The zero-order valence-electron chi connectivity index (χ0n) is 9.29. The maximum atomic E-state index is 8.87. The van der Waals surface area contributed by atoms with Gasteiger partial charge in [-0.1, -0.05) is 31.5 Å². The molecule has 0 bridgehead atoms. The van der Waals surface area contributed by atoms with Crippen molar-refractivity contribution in [2.24, 2.45) is 0 Å². The molecule has 16 heavy (non-hydrogen) atoms. The number of unbranched alkanes of at least 4 members (excludes halogenated alkanes) is 1. The molecule has 0 spiro atoms. The lowest BCUT2D eigenvalue weighted by Gasteiger charge is -2.07. The van der Waals surface area contributed by atoms with Crippen LogP contribution >= 0.6 is 23.4 Å². The molecule has 0 amide bonds. The maximum absolute atomic E-state index is 8.87. The van der Waals surface area contributed by atoms with Gasteiger partial charge in [0.2, 0.25) is 0 Å². The van der Waals surface area contributed by atoms with Gasteiger partial charge >= 0.3 is 0 Å². The first-order valence-corrected chi connectivity index (χ1v) is 6.57. The van der Waals surface area contributed by atoms with Crippen LogP contribution in [0.5, 0.6) is 0 Å². The van der Waals surface area contributed by atoms with Crippen LogP contribution in [-0.2, 0) is 0 Å². The number of rotatable bonds is 5. The van der Waals surface area contributed by atoms with Crippen molar-refractivity contribution in [1.82, 2.24) is 0 Å². The summed E-state index contributed by atoms with van der Waals surface area (Å²) in [5.41, 5.74) is 1.33. The quantitative estimate of drug-likeness (QED) is 0.428. The SMILES string of the molecule is C=C(C#N)c1cc(Cl)ccc1SCCCC. The highest BCUT2D eigenvalue weighted by molar-refractivity contribution is 7.99. The van der Waals surface area contributed by atoms with Crippen LogP contribution in [0.15, 0.2) is 29.7 Å². The predicted octanol–water partition coefficient (Wildman–Crippen LogP) is 4.77. The Hall–Kier alpha value is -0.910. The number of thioether (sulfide) groups is 1. The summed E-state index contributed by atoms with van der Waals surface area (Å²) < 4.78 is 0. The van der Waals surface area contributed by atoms with Crippen molar-refractivity contribution in [3.05, 3.63) is 35.4 Å². The van der Waals surface area contributed by atoms with E-state index in [0.29, 0.717) is 10.6 Å². The summed E-state index contributed by atoms with van der Waals surface area (Å²) in [5.74, 6) is 1.06. The normalized spacial score (nSPS) is 9.81. The van der Waals surface area contributed by atoms with Crippen molar-refractivity contribution in [3.8, 4) is 6.07 Å². The van der Waals surface area contributed by atoms with Gasteiger partial charge < -0.3 is 0 Å². The van der Waals surface area contributed by atoms with Gasteiger partial charge in [-0.05, 0) is 30.4 Å². The second-order valence-corrected chi connectivity index (χ2v) is 5.01. The van der Waals surface area contributed by atoms with E-state index in [9.17, 15) is 0 Å². The Labute approximate surface area is 106 Å². The van der Waals surface area contributed by atoms with Crippen LogP contribution in [-0.4, -0.2) is 5.75 Å². The third-order valence-corrected chi connectivity index (χ3v) is 3.55. The van der Waals surface area contributed by atoms with Gasteiger partial charge in [0.1, 0.15) is 0 Å². The van der Waals surface area contributed by atoms with Gasteiger partial charge in [-0.25, -0.2) is 0 Å². The lowest BCUT2D eigenvalue weighted by atomic mass is 10.1. The Balaban J connectivity index is 2.90. The summed E-state index contributed by atoms with van der Waals surface area (Å²) >= 11 is 7.67. The van der Waals surface area contributed by atoms with Gasteiger partial charge in [-0.2, -0.15) is 5.26 Å². The number of benzene rings is 1. The highest BCUT2D eigenvalue weighted by Gasteiger charge is 2.07. The lowest BCUT2D eigenvalue weighted by molar-refractivity contribution is 0.896. The van der Waals surface area contributed by atoms with Crippen molar-refractivity contribution < 1.29 is 0 Å². The molecule has 0 aliphatic carbocycles. The fourth-order valence-electron chi connectivity index (χ4n) is 1.25. The third-order valence-electron chi connectivity index (χ3n) is 2.16. The van der Waals surface area contributed by atoms with Crippen LogP contribution in [0.3, 0.4) is 0 Å². The van der Waals surface area contributed by atoms with Gasteiger partial charge in [0, 0.05) is 15.5 Å². The number of allylic oxidation sites excluding steroid dienone is 1. The Morgan fingerprint density at radius 2 is 2.31 bits per heavy atom. The molecule has 84 valence electrons. The maximum Gasteiger partial charge on any atom is 0.0992 e. The molecule has 1 nitrogen and oxygen atoms in total. The second kappa shape index (κ2) is 6.62. The van der Waals surface area contributed by atoms with Crippen molar-refractivity contribution in [3.63, 3.8) is 0 Å². The first-order chi connectivity index (χ1) is 7.69. The molecule has 0 aliphatic heterocycles. The molecule has 0 aromatic heterocycles. The van der Waals surface area contributed by atoms with E-state index in [0.717, 1.165) is 16.2 Å². The fourth-order valence-corrected chi connectivity index (χ4v) is 2.58. The minimum absolute atomic E-state index is 0.474. The number of hydrogen-bond donors (Lipinski definition) is 0. The molecule has 0 saturated heterocycles. The Kier molecular flexibility index (Phi) is 5.45. The second-order valence-electron chi connectivity index (χ2n) is 3.43. The molecular formula is C13H14ClNS. The van der Waals surface area contributed by atoms with E-state index in [2.05, 4.69) is 19.6 Å². The summed E-state index contributed by atoms with van der Waals surface area (Å²) in [6, 6.07) is 7.69. The highest BCUT2D eigenvalue weighted by atomic mass is 35.5. The summed E-state index contributed by atoms with van der Waals surface area (Å²) in [5, 5.41) is 9.52. The molecule has 0 unspecified atom stereocenters. The van der Waals surface area contributed by atoms with E-state index in [1.165, 1.54) is 12.8 Å². The first kappa shape index (κ1) is 13.2. The lowest BCUT2D eigenvalue weighted by Crippen LogP contribution is -1.87. The molecule has 0 N–H and O–H groups in total. The van der Waals surface area contributed by atoms with Crippen LogP contribution in [0.1, 0.15) is 25.3 Å². The van der Waals surface area contributed by atoms with Crippen LogP contribution in [0.2, 0.25) is 5.02 Å². The summed E-state index contributed by atoms with van der Waals surface area (Å²) in [6.45, 7) is 5.90. The van der Waals surface area contributed by atoms with Gasteiger partial charge in [0.05, 0.1) is 11.6 Å². The van der Waals surface area contributed by atoms with Gasteiger partial charge in [0.25, 0.3) is 0 Å². The smallest absolute Gasteiger partial charge is 0.0992 e. The molecule has 1 aromatic carbocycles. The van der Waals surface area contributed by atoms with Crippen LogP contribution in [0.4, 0.5) is 0 Å². The molecular weight excluding hydrogens is 238 g/mol. The molecule has 0 aliphatic rings. The van der Waals surface area contributed by atoms with E-state index in [1.54, 1.807) is 17.8 Å². The largest absolute Gasteiger partial charge is 0.192 e. The van der Waals surface area contributed by atoms with Crippen molar-refractivity contribution >= 4 is 28.9 Å². The summed E-state index contributed by atoms with van der Waals surface area (Å²) in [7, 11) is 0. The van der Waals surface area contributed by atoms with Gasteiger partial charge in [-0.3, -0.25) is 0 Å². The molecule has 0 saturated carbocycles. The molecule has 1 aromatic rings. The Morgan fingerprint density at radius 3 is 2.94 bits per heavy atom. The molecule has 0 heterocycles. The van der Waals surface area contributed by atoms with Gasteiger partial charge in [-0.15, -0.1) is 11.8 Å². The number of hydrogen-bond acceptors (Lipinski definition) is 2. The predicted molar refractivity (Wildman–Crippen MR) is 71.7 cm³/mol.